The summed E-state index contributed by atoms with van der Waals surface area (Å²) in [6.07, 6.45) is 12.9. The largest absolute Gasteiger partial charge is 0.0654 e. The molecule has 0 rings (SSSR count). The third kappa shape index (κ3) is 9.92. The zero-order chi connectivity index (χ0) is 9.94. The average molecular weight is 184 g/mol. The third-order valence-electron chi connectivity index (χ3n) is 2.85. The molecule has 1 atom stereocenters. The summed E-state index contributed by atoms with van der Waals surface area (Å²) in [4.78, 5) is 0. The monoisotopic (exact) mass is 184 g/mol. The summed E-state index contributed by atoms with van der Waals surface area (Å²) in [6.45, 7) is 6.98. The first-order valence-corrected chi connectivity index (χ1v) is 6.31. The highest BCUT2D eigenvalue weighted by Crippen LogP contribution is 2.16. The van der Waals surface area contributed by atoms with Crippen molar-refractivity contribution in [3.63, 3.8) is 0 Å². The van der Waals surface area contributed by atoms with Crippen LogP contribution < -0.4 is 0 Å². The molecule has 0 aliphatic carbocycles. The molecule has 13 heavy (non-hydrogen) atoms. The fourth-order valence-corrected chi connectivity index (χ4v) is 1.81. The maximum atomic E-state index is 2.42. The Hall–Kier alpha value is 0. The van der Waals surface area contributed by atoms with Crippen molar-refractivity contribution >= 4 is 0 Å². The molecular weight excluding hydrogens is 156 g/mol. The fourth-order valence-electron chi connectivity index (χ4n) is 1.81. The van der Waals surface area contributed by atoms with Gasteiger partial charge in [-0.1, -0.05) is 78.6 Å². The summed E-state index contributed by atoms with van der Waals surface area (Å²) >= 11 is 0. The van der Waals surface area contributed by atoms with Crippen LogP contribution in [-0.4, -0.2) is 0 Å². The molecule has 0 saturated heterocycles. The van der Waals surface area contributed by atoms with Crippen molar-refractivity contribution in [1.29, 1.82) is 0 Å². The lowest BCUT2D eigenvalue weighted by Crippen LogP contribution is -1.94. The van der Waals surface area contributed by atoms with E-state index in [2.05, 4.69) is 20.8 Å². The first-order chi connectivity index (χ1) is 6.31. The molecule has 80 valence electrons. The fraction of sp³-hybridized carbons (Fsp3) is 1.00. The summed E-state index contributed by atoms with van der Waals surface area (Å²) < 4.78 is 0. The van der Waals surface area contributed by atoms with E-state index in [4.69, 9.17) is 0 Å². The maximum absolute atomic E-state index is 2.42. The van der Waals surface area contributed by atoms with Crippen LogP contribution in [0.3, 0.4) is 0 Å². The Morgan fingerprint density at radius 2 is 1.15 bits per heavy atom. The zero-order valence-electron chi connectivity index (χ0n) is 9.94. The van der Waals surface area contributed by atoms with Crippen molar-refractivity contribution in [2.75, 3.05) is 0 Å². The van der Waals surface area contributed by atoms with Gasteiger partial charge in [-0.3, -0.25) is 0 Å². The van der Waals surface area contributed by atoms with E-state index in [-0.39, 0.29) is 0 Å². The minimum atomic E-state index is 0.975. The van der Waals surface area contributed by atoms with E-state index in [9.17, 15) is 0 Å². The standard InChI is InChI=1S/C13H28/c1-4-6-8-10-12-13(3)11-9-7-5-2/h13H,4-12H2,1-3H3/t13-/m0/s1. The lowest BCUT2D eigenvalue weighted by molar-refractivity contribution is 0.439. The summed E-state index contributed by atoms with van der Waals surface area (Å²) in [7, 11) is 0. The van der Waals surface area contributed by atoms with Gasteiger partial charge in [-0.25, -0.2) is 0 Å². The normalized spacial score (nSPS) is 13.2. The maximum Gasteiger partial charge on any atom is -0.0443 e. The molecule has 0 amide bonds. The smallest absolute Gasteiger partial charge is 0.0443 e. The first-order valence-electron chi connectivity index (χ1n) is 6.31. The molecule has 0 saturated carbocycles. The molecule has 0 radical (unpaired) electrons. The highest BCUT2D eigenvalue weighted by atomic mass is 14.1. The van der Waals surface area contributed by atoms with Crippen LogP contribution in [0, 0.1) is 5.92 Å². The second-order valence-corrected chi connectivity index (χ2v) is 4.45. The van der Waals surface area contributed by atoms with E-state index in [0.717, 1.165) is 5.92 Å². The van der Waals surface area contributed by atoms with Gasteiger partial charge < -0.3 is 0 Å². The van der Waals surface area contributed by atoms with Crippen LogP contribution in [0.15, 0.2) is 0 Å². The molecule has 0 nitrogen and oxygen atoms in total. The van der Waals surface area contributed by atoms with E-state index >= 15 is 0 Å². The lowest BCUT2D eigenvalue weighted by Gasteiger charge is -2.10. The number of unbranched alkanes of at least 4 members (excludes halogenated alkanes) is 5. The minimum Gasteiger partial charge on any atom is -0.0654 e. The van der Waals surface area contributed by atoms with Gasteiger partial charge in [0.2, 0.25) is 0 Å². The molecule has 0 heterocycles. The average Bonchev–Trinajstić information content (AvgIpc) is 2.13. The van der Waals surface area contributed by atoms with Crippen LogP contribution in [0.4, 0.5) is 0 Å². The van der Waals surface area contributed by atoms with E-state index in [1.165, 1.54) is 57.8 Å². The van der Waals surface area contributed by atoms with Crippen molar-refractivity contribution in [2.45, 2.75) is 78.6 Å². The molecule has 0 aliphatic rings. The highest BCUT2D eigenvalue weighted by molar-refractivity contribution is 4.54. The minimum absolute atomic E-state index is 0.975. The van der Waals surface area contributed by atoms with Gasteiger partial charge >= 0.3 is 0 Å². The molecular formula is C13H28. The Morgan fingerprint density at radius 1 is 0.692 bits per heavy atom. The van der Waals surface area contributed by atoms with E-state index in [1.54, 1.807) is 0 Å². The molecule has 0 aromatic rings. The van der Waals surface area contributed by atoms with E-state index < -0.39 is 0 Å². The summed E-state index contributed by atoms with van der Waals surface area (Å²) in [5.74, 6) is 0.975. The Labute approximate surface area is 85.1 Å². The molecule has 0 N–H and O–H groups in total. The zero-order valence-corrected chi connectivity index (χ0v) is 9.94. The van der Waals surface area contributed by atoms with Gasteiger partial charge in [-0.15, -0.1) is 0 Å². The second-order valence-electron chi connectivity index (χ2n) is 4.45. The third-order valence-corrected chi connectivity index (χ3v) is 2.85. The van der Waals surface area contributed by atoms with Crippen LogP contribution in [0.2, 0.25) is 0 Å². The quantitative estimate of drug-likeness (QED) is 0.433. The Balaban J connectivity index is 3.05. The Kier molecular flexibility index (Phi) is 10.1. The molecule has 0 spiro atoms. The molecule has 0 bridgehead atoms. The molecule has 0 aromatic heterocycles. The van der Waals surface area contributed by atoms with Crippen molar-refractivity contribution in [3.8, 4) is 0 Å². The Bertz CT molecular complexity index is 86.0. The number of hydrogen-bond acceptors (Lipinski definition) is 0. The van der Waals surface area contributed by atoms with Gasteiger partial charge in [-0.05, 0) is 5.92 Å². The van der Waals surface area contributed by atoms with Crippen LogP contribution in [0.25, 0.3) is 0 Å². The molecule has 0 aliphatic heterocycles. The summed E-state index contributed by atoms with van der Waals surface area (Å²) in [6, 6.07) is 0. The summed E-state index contributed by atoms with van der Waals surface area (Å²) in [5.41, 5.74) is 0. The lowest BCUT2D eigenvalue weighted by atomic mass is 9.97. The van der Waals surface area contributed by atoms with Crippen LogP contribution in [-0.2, 0) is 0 Å². The van der Waals surface area contributed by atoms with Gasteiger partial charge in [0, 0.05) is 0 Å². The van der Waals surface area contributed by atoms with E-state index in [1.807, 2.05) is 0 Å². The molecule has 0 unspecified atom stereocenters. The van der Waals surface area contributed by atoms with Gasteiger partial charge in [-0.2, -0.15) is 0 Å². The van der Waals surface area contributed by atoms with Crippen molar-refractivity contribution in [1.82, 2.24) is 0 Å². The molecule has 0 fully saturated rings. The Morgan fingerprint density at radius 3 is 1.69 bits per heavy atom. The van der Waals surface area contributed by atoms with Crippen LogP contribution in [0.5, 0.6) is 0 Å². The van der Waals surface area contributed by atoms with Crippen LogP contribution in [0.1, 0.15) is 78.6 Å². The van der Waals surface area contributed by atoms with Gasteiger partial charge in [0.05, 0.1) is 0 Å². The summed E-state index contributed by atoms with van der Waals surface area (Å²) in [5, 5.41) is 0. The highest BCUT2D eigenvalue weighted by Gasteiger charge is 2.00. The number of rotatable bonds is 9. The predicted octanol–water partition coefficient (Wildman–Crippen LogP) is 5.17. The van der Waals surface area contributed by atoms with Crippen molar-refractivity contribution in [3.05, 3.63) is 0 Å². The molecule has 0 aromatic carbocycles. The first kappa shape index (κ1) is 13.0. The van der Waals surface area contributed by atoms with Crippen LogP contribution >= 0.6 is 0 Å². The molecule has 0 heteroatoms. The van der Waals surface area contributed by atoms with Gasteiger partial charge in [0.25, 0.3) is 0 Å². The number of hydrogen-bond donors (Lipinski definition) is 0. The van der Waals surface area contributed by atoms with E-state index in [0.29, 0.717) is 0 Å². The topological polar surface area (TPSA) is 0 Å². The second kappa shape index (κ2) is 10.1. The SMILES string of the molecule is CCCCCC[C@@H](C)CCCCC. The van der Waals surface area contributed by atoms with Gasteiger partial charge in [0.1, 0.15) is 0 Å². The van der Waals surface area contributed by atoms with Gasteiger partial charge in [0.15, 0.2) is 0 Å². The van der Waals surface area contributed by atoms with Crippen molar-refractivity contribution in [2.24, 2.45) is 5.92 Å². The predicted molar refractivity (Wildman–Crippen MR) is 62.1 cm³/mol. The van der Waals surface area contributed by atoms with Crippen molar-refractivity contribution < 1.29 is 0 Å².